The summed E-state index contributed by atoms with van der Waals surface area (Å²) in [4.78, 5) is 3.99. The van der Waals surface area contributed by atoms with E-state index in [1.165, 1.54) is 0 Å². The van der Waals surface area contributed by atoms with Gasteiger partial charge in [0.1, 0.15) is 0 Å². The van der Waals surface area contributed by atoms with Crippen molar-refractivity contribution in [2.75, 3.05) is 5.32 Å². The smallest absolute Gasteiger partial charge is 0.356 e. The van der Waals surface area contributed by atoms with Crippen LogP contribution in [-0.4, -0.2) is 19.7 Å². The Labute approximate surface area is 127 Å². The van der Waals surface area contributed by atoms with Crippen LogP contribution in [0.15, 0.2) is 43.0 Å². The molecule has 2 heterocycles. The normalized spacial score (nSPS) is 11.6. The second-order valence-electron chi connectivity index (χ2n) is 4.36. The average molecular weight is 325 g/mol. The number of hydrogen-bond acceptors (Lipinski definition) is 5. The number of hydrogen-bond donors (Lipinski definition) is 1. The van der Waals surface area contributed by atoms with Crippen molar-refractivity contribution in [1.82, 2.24) is 19.7 Å². The Morgan fingerprint density at radius 3 is 2.68 bits per heavy atom. The number of para-hydroxylation sites is 1. The first-order chi connectivity index (χ1) is 10.5. The highest BCUT2D eigenvalue weighted by Crippen LogP contribution is 2.33. The van der Waals surface area contributed by atoms with Crippen LogP contribution in [0.3, 0.4) is 0 Å². The quantitative estimate of drug-likeness (QED) is 0.799. The standard InChI is InChI=1S/C13H10F3N5S/c14-13(15,16)11-19-20-12(22-11)18-7-9-3-1-2-4-10(9)21-6-5-17-8-21/h1-6,8H,7H2,(H,18,20). The molecule has 0 aliphatic carbocycles. The molecule has 0 saturated carbocycles. The molecule has 0 atom stereocenters. The summed E-state index contributed by atoms with van der Waals surface area (Å²) < 4.78 is 39.3. The Balaban J connectivity index is 1.76. The van der Waals surface area contributed by atoms with Gasteiger partial charge in [0.05, 0.1) is 12.0 Å². The SMILES string of the molecule is FC(F)(F)c1nnc(NCc2ccccc2-n2ccnc2)s1. The number of nitrogens with one attached hydrogen (secondary N) is 1. The maximum Gasteiger partial charge on any atom is 0.445 e. The molecule has 0 radical (unpaired) electrons. The Morgan fingerprint density at radius 2 is 2.00 bits per heavy atom. The molecule has 0 aliphatic rings. The summed E-state index contributed by atoms with van der Waals surface area (Å²) in [6.07, 6.45) is 0.647. The van der Waals surface area contributed by atoms with Gasteiger partial charge < -0.3 is 9.88 Å². The number of alkyl halides is 3. The highest BCUT2D eigenvalue weighted by molar-refractivity contribution is 7.15. The minimum Gasteiger partial charge on any atom is -0.356 e. The molecule has 114 valence electrons. The van der Waals surface area contributed by atoms with Gasteiger partial charge in [-0.3, -0.25) is 0 Å². The molecule has 1 aromatic carbocycles. The summed E-state index contributed by atoms with van der Waals surface area (Å²) in [6, 6.07) is 7.53. The Kier molecular flexibility index (Phi) is 3.80. The van der Waals surface area contributed by atoms with E-state index in [1.54, 1.807) is 18.7 Å². The zero-order valence-electron chi connectivity index (χ0n) is 11.1. The van der Waals surface area contributed by atoms with Gasteiger partial charge in [-0.2, -0.15) is 13.2 Å². The zero-order valence-corrected chi connectivity index (χ0v) is 11.9. The predicted molar refractivity (Wildman–Crippen MR) is 75.8 cm³/mol. The molecule has 0 unspecified atom stereocenters. The number of rotatable bonds is 4. The molecule has 0 bridgehead atoms. The van der Waals surface area contributed by atoms with Crippen LogP contribution in [0, 0.1) is 0 Å². The van der Waals surface area contributed by atoms with Crippen LogP contribution < -0.4 is 5.32 Å². The number of aromatic nitrogens is 4. The molecule has 0 fully saturated rings. The van der Waals surface area contributed by atoms with Crippen molar-refractivity contribution in [2.24, 2.45) is 0 Å². The van der Waals surface area contributed by atoms with Crippen molar-refractivity contribution < 1.29 is 13.2 Å². The first kappa shape index (κ1) is 14.5. The van der Waals surface area contributed by atoms with Crippen molar-refractivity contribution in [3.63, 3.8) is 0 Å². The van der Waals surface area contributed by atoms with Crippen molar-refractivity contribution in [3.05, 3.63) is 53.6 Å². The summed E-state index contributed by atoms with van der Waals surface area (Å²) in [5.41, 5.74) is 1.80. The summed E-state index contributed by atoms with van der Waals surface area (Å²) in [5, 5.41) is 8.69. The van der Waals surface area contributed by atoms with E-state index >= 15 is 0 Å². The van der Waals surface area contributed by atoms with Crippen molar-refractivity contribution in [1.29, 1.82) is 0 Å². The molecule has 22 heavy (non-hydrogen) atoms. The monoisotopic (exact) mass is 325 g/mol. The zero-order chi connectivity index (χ0) is 15.6. The largest absolute Gasteiger partial charge is 0.445 e. The predicted octanol–water partition coefficient (Wildman–Crippen LogP) is 3.35. The van der Waals surface area contributed by atoms with Crippen molar-refractivity contribution in [2.45, 2.75) is 12.7 Å². The average Bonchev–Trinajstić information content (AvgIpc) is 3.16. The van der Waals surface area contributed by atoms with Gasteiger partial charge in [0.2, 0.25) is 10.1 Å². The lowest BCUT2D eigenvalue weighted by molar-refractivity contribution is -0.138. The first-order valence-corrected chi connectivity index (χ1v) is 7.06. The number of halogens is 3. The van der Waals surface area contributed by atoms with Gasteiger partial charge in [0, 0.05) is 18.9 Å². The van der Waals surface area contributed by atoms with Crippen LogP contribution in [0.4, 0.5) is 18.3 Å². The maximum absolute atomic E-state index is 12.5. The third kappa shape index (κ3) is 3.08. The molecule has 5 nitrogen and oxygen atoms in total. The summed E-state index contributed by atoms with van der Waals surface area (Å²) in [7, 11) is 0. The maximum atomic E-state index is 12.5. The van der Waals surface area contributed by atoms with Gasteiger partial charge in [-0.1, -0.05) is 29.5 Å². The lowest BCUT2D eigenvalue weighted by Crippen LogP contribution is -2.04. The molecule has 1 N–H and O–H groups in total. The molecule has 3 rings (SSSR count). The molecule has 2 aromatic heterocycles. The van der Waals surface area contributed by atoms with E-state index in [4.69, 9.17) is 0 Å². The van der Waals surface area contributed by atoms with Gasteiger partial charge in [0.15, 0.2) is 0 Å². The van der Waals surface area contributed by atoms with Crippen LogP contribution in [0.1, 0.15) is 10.6 Å². The Hall–Kier alpha value is -2.42. The van der Waals surface area contributed by atoms with E-state index in [0.717, 1.165) is 11.3 Å². The van der Waals surface area contributed by atoms with Crippen molar-refractivity contribution >= 4 is 16.5 Å². The summed E-state index contributed by atoms with van der Waals surface area (Å²) >= 11 is 0.485. The van der Waals surface area contributed by atoms with Crippen molar-refractivity contribution in [3.8, 4) is 5.69 Å². The Morgan fingerprint density at radius 1 is 1.18 bits per heavy atom. The van der Waals surface area contributed by atoms with Crippen LogP contribution in [-0.2, 0) is 12.7 Å². The van der Waals surface area contributed by atoms with E-state index in [-0.39, 0.29) is 5.13 Å². The fourth-order valence-electron chi connectivity index (χ4n) is 1.89. The van der Waals surface area contributed by atoms with Gasteiger partial charge in [-0.05, 0) is 11.6 Å². The van der Waals surface area contributed by atoms with Gasteiger partial charge in [-0.15, -0.1) is 10.2 Å². The second-order valence-corrected chi connectivity index (χ2v) is 5.34. The first-order valence-electron chi connectivity index (χ1n) is 6.25. The highest BCUT2D eigenvalue weighted by Gasteiger charge is 2.35. The fourth-order valence-corrected chi connectivity index (χ4v) is 2.50. The second kappa shape index (κ2) is 5.76. The Bertz CT molecular complexity index is 751. The third-order valence-electron chi connectivity index (χ3n) is 2.87. The molecule has 0 saturated heterocycles. The third-order valence-corrected chi connectivity index (χ3v) is 3.80. The van der Waals surface area contributed by atoms with E-state index < -0.39 is 11.2 Å². The minimum absolute atomic E-state index is 0.132. The number of imidazole rings is 1. The molecule has 0 amide bonds. The van der Waals surface area contributed by atoms with E-state index in [9.17, 15) is 13.2 Å². The van der Waals surface area contributed by atoms with Crippen LogP contribution in [0.2, 0.25) is 0 Å². The van der Waals surface area contributed by atoms with E-state index in [2.05, 4.69) is 20.5 Å². The van der Waals surface area contributed by atoms with Gasteiger partial charge >= 0.3 is 6.18 Å². The summed E-state index contributed by atoms with van der Waals surface area (Å²) in [6.45, 7) is 0.334. The fraction of sp³-hybridized carbons (Fsp3) is 0.154. The van der Waals surface area contributed by atoms with Crippen LogP contribution in [0.5, 0.6) is 0 Å². The van der Waals surface area contributed by atoms with Gasteiger partial charge in [-0.25, -0.2) is 4.98 Å². The van der Waals surface area contributed by atoms with Gasteiger partial charge in [0.25, 0.3) is 0 Å². The highest BCUT2D eigenvalue weighted by atomic mass is 32.1. The lowest BCUT2D eigenvalue weighted by atomic mass is 10.2. The molecule has 9 heteroatoms. The van der Waals surface area contributed by atoms with E-state index in [1.807, 2.05) is 28.8 Å². The number of nitrogens with zero attached hydrogens (tertiary/aromatic N) is 4. The van der Waals surface area contributed by atoms with Crippen LogP contribution in [0.25, 0.3) is 5.69 Å². The van der Waals surface area contributed by atoms with E-state index in [0.29, 0.717) is 17.9 Å². The number of anilines is 1. The topological polar surface area (TPSA) is 55.6 Å². The van der Waals surface area contributed by atoms with Crippen LogP contribution >= 0.6 is 11.3 Å². The molecular formula is C13H10F3N5S. The molecule has 3 aromatic rings. The molecule has 0 aliphatic heterocycles. The molecular weight excluding hydrogens is 315 g/mol. The molecule has 0 spiro atoms. The summed E-state index contributed by atoms with van der Waals surface area (Å²) in [5.74, 6) is 0. The minimum atomic E-state index is -4.47. The lowest BCUT2D eigenvalue weighted by Gasteiger charge is -2.10. The number of benzene rings is 1.